The zero-order valence-corrected chi connectivity index (χ0v) is 13.4. The van der Waals surface area contributed by atoms with Gasteiger partial charge in [0.25, 0.3) is 0 Å². The predicted molar refractivity (Wildman–Crippen MR) is 92.2 cm³/mol. The van der Waals surface area contributed by atoms with Crippen molar-refractivity contribution < 1.29 is 4.39 Å². The number of nitrogens with zero attached hydrogens (tertiary/aromatic N) is 4. The minimum atomic E-state index is -0.211. The van der Waals surface area contributed by atoms with Gasteiger partial charge >= 0.3 is 0 Å². The normalized spacial score (nSPS) is 11.0. The predicted octanol–water partition coefficient (Wildman–Crippen LogP) is 4.22. The molecule has 0 atom stereocenters. The molecule has 0 radical (unpaired) electrons. The van der Waals surface area contributed by atoms with Gasteiger partial charge < -0.3 is 0 Å². The van der Waals surface area contributed by atoms with Crippen LogP contribution in [0, 0.1) is 5.82 Å². The van der Waals surface area contributed by atoms with Crippen molar-refractivity contribution in [2.45, 2.75) is 10.9 Å². The molecule has 6 heteroatoms. The molecule has 0 fully saturated rings. The van der Waals surface area contributed by atoms with Crippen LogP contribution in [-0.2, 0) is 5.75 Å². The number of halogens is 1. The molecule has 0 N–H and O–H groups in total. The number of benzene rings is 2. The van der Waals surface area contributed by atoms with Gasteiger partial charge in [-0.2, -0.15) is 9.61 Å². The maximum absolute atomic E-state index is 13.7. The number of rotatable bonds is 4. The Morgan fingerprint density at radius 2 is 1.67 bits per heavy atom. The van der Waals surface area contributed by atoms with Crippen molar-refractivity contribution >= 4 is 17.4 Å². The quantitative estimate of drug-likeness (QED) is 0.523. The van der Waals surface area contributed by atoms with Gasteiger partial charge in [-0.05, 0) is 23.8 Å². The van der Waals surface area contributed by atoms with E-state index in [1.807, 2.05) is 48.5 Å². The van der Waals surface area contributed by atoms with E-state index in [9.17, 15) is 4.39 Å². The molecule has 0 saturated heterocycles. The third-order valence-electron chi connectivity index (χ3n) is 3.62. The summed E-state index contributed by atoms with van der Waals surface area (Å²) < 4.78 is 15.4. The summed E-state index contributed by atoms with van der Waals surface area (Å²) in [6.45, 7) is 0. The largest absolute Gasteiger partial charge is 0.212 e. The minimum absolute atomic E-state index is 0.211. The molecule has 118 valence electrons. The topological polar surface area (TPSA) is 43.1 Å². The number of thioether (sulfide) groups is 1. The zero-order valence-electron chi connectivity index (χ0n) is 12.6. The summed E-state index contributed by atoms with van der Waals surface area (Å²) >= 11 is 1.41. The van der Waals surface area contributed by atoms with Gasteiger partial charge in [-0.1, -0.05) is 60.3 Å². The van der Waals surface area contributed by atoms with Crippen LogP contribution in [0.3, 0.4) is 0 Å². The summed E-state index contributed by atoms with van der Waals surface area (Å²) in [4.78, 5) is 0. The first-order chi connectivity index (χ1) is 11.8. The summed E-state index contributed by atoms with van der Waals surface area (Å²) in [7, 11) is 0. The minimum Gasteiger partial charge on any atom is -0.207 e. The highest BCUT2D eigenvalue weighted by Gasteiger charge is 2.10. The maximum Gasteiger partial charge on any atom is 0.212 e. The molecule has 0 aliphatic heterocycles. The third-order valence-corrected chi connectivity index (χ3v) is 4.59. The van der Waals surface area contributed by atoms with E-state index >= 15 is 0 Å². The molecule has 2 aromatic heterocycles. The summed E-state index contributed by atoms with van der Waals surface area (Å²) in [6.07, 6.45) is 0. The van der Waals surface area contributed by atoms with Crippen molar-refractivity contribution in [3.8, 4) is 11.3 Å². The van der Waals surface area contributed by atoms with Crippen LogP contribution in [0.2, 0.25) is 0 Å². The van der Waals surface area contributed by atoms with Gasteiger partial charge in [0.1, 0.15) is 5.82 Å². The van der Waals surface area contributed by atoms with Crippen LogP contribution in [0.5, 0.6) is 0 Å². The number of aromatic nitrogens is 4. The van der Waals surface area contributed by atoms with E-state index in [1.165, 1.54) is 17.8 Å². The molecule has 0 saturated carbocycles. The first-order valence-corrected chi connectivity index (χ1v) is 8.44. The van der Waals surface area contributed by atoms with E-state index in [-0.39, 0.29) is 5.82 Å². The molecule has 4 aromatic rings. The molecular formula is C18H13FN4S. The van der Waals surface area contributed by atoms with Gasteiger partial charge in [0.15, 0.2) is 5.65 Å². The lowest BCUT2D eigenvalue weighted by Crippen LogP contribution is -1.97. The molecule has 24 heavy (non-hydrogen) atoms. The summed E-state index contributed by atoms with van der Waals surface area (Å²) in [5.74, 6) is 0.266. The second-order valence-corrected chi connectivity index (χ2v) is 6.16. The molecular weight excluding hydrogens is 323 g/mol. The molecule has 0 amide bonds. The summed E-state index contributed by atoms with van der Waals surface area (Å²) in [5, 5.41) is 13.6. The third kappa shape index (κ3) is 2.88. The van der Waals surface area contributed by atoms with Crippen molar-refractivity contribution in [3.63, 3.8) is 0 Å². The summed E-state index contributed by atoms with van der Waals surface area (Å²) in [5.41, 5.74) is 3.18. The first-order valence-electron chi connectivity index (χ1n) is 7.45. The Kier molecular flexibility index (Phi) is 3.96. The van der Waals surface area contributed by atoms with Crippen LogP contribution in [-0.4, -0.2) is 19.8 Å². The zero-order chi connectivity index (χ0) is 16.4. The van der Waals surface area contributed by atoms with Gasteiger partial charge in [-0.15, -0.1) is 10.2 Å². The van der Waals surface area contributed by atoms with Crippen LogP contribution < -0.4 is 0 Å². The van der Waals surface area contributed by atoms with Crippen LogP contribution in [0.15, 0.2) is 71.9 Å². The van der Waals surface area contributed by atoms with Crippen molar-refractivity contribution in [2.24, 2.45) is 0 Å². The van der Waals surface area contributed by atoms with E-state index in [4.69, 9.17) is 0 Å². The Hall–Kier alpha value is -2.73. The standard InChI is InChI=1S/C18H13FN4S/c19-15-9-5-4-8-14(15)12-24-18-21-20-17-11-10-16(22-23(17)18)13-6-2-1-3-7-13/h1-11H,12H2. The molecule has 4 rings (SSSR count). The Labute approximate surface area is 142 Å². The average Bonchev–Trinajstić information content (AvgIpc) is 3.04. The van der Waals surface area contributed by atoms with Crippen LogP contribution >= 0.6 is 11.8 Å². The highest BCUT2D eigenvalue weighted by Crippen LogP contribution is 2.24. The smallest absolute Gasteiger partial charge is 0.207 e. The fourth-order valence-electron chi connectivity index (χ4n) is 2.38. The van der Waals surface area contributed by atoms with E-state index in [1.54, 1.807) is 16.6 Å². The van der Waals surface area contributed by atoms with Crippen LogP contribution in [0.25, 0.3) is 16.9 Å². The fraction of sp³-hybridized carbons (Fsp3) is 0.0556. The maximum atomic E-state index is 13.7. The van der Waals surface area contributed by atoms with Crippen molar-refractivity contribution in [3.05, 3.63) is 78.1 Å². The average molecular weight is 336 g/mol. The SMILES string of the molecule is Fc1ccccc1CSc1nnc2ccc(-c3ccccc3)nn12. The van der Waals surface area contributed by atoms with Crippen molar-refractivity contribution in [1.29, 1.82) is 0 Å². The molecule has 0 unspecified atom stereocenters. The highest BCUT2D eigenvalue weighted by atomic mass is 32.2. The van der Waals surface area contributed by atoms with E-state index in [2.05, 4.69) is 15.3 Å². The van der Waals surface area contributed by atoms with Gasteiger partial charge in [0.2, 0.25) is 5.16 Å². The van der Waals surface area contributed by atoms with Crippen molar-refractivity contribution in [2.75, 3.05) is 0 Å². The molecule has 0 bridgehead atoms. The Bertz CT molecular complexity index is 985. The lowest BCUT2D eigenvalue weighted by atomic mass is 10.1. The first kappa shape index (κ1) is 14.8. The summed E-state index contributed by atoms with van der Waals surface area (Å²) in [6, 6.07) is 20.5. The number of hydrogen-bond acceptors (Lipinski definition) is 4. The molecule has 0 aliphatic carbocycles. The molecule has 4 nitrogen and oxygen atoms in total. The molecule has 2 aromatic carbocycles. The van der Waals surface area contributed by atoms with Gasteiger partial charge in [0, 0.05) is 11.3 Å². The van der Waals surface area contributed by atoms with E-state index in [0.29, 0.717) is 22.1 Å². The fourth-order valence-corrected chi connectivity index (χ4v) is 3.25. The van der Waals surface area contributed by atoms with Crippen molar-refractivity contribution in [1.82, 2.24) is 19.8 Å². The van der Waals surface area contributed by atoms with Gasteiger partial charge in [-0.25, -0.2) is 4.39 Å². The molecule has 2 heterocycles. The lowest BCUT2D eigenvalue weighted by molar-refractivity contribution is 0.617. The van der Waals surface area contributed by atoms with Gasteiger partial charge in [-0.3, -0.25) is 0 Å². The highest BCUT2D eigenvalue weighted by molar-refractivity contribution is 7.98. The Morgan fingerprint density at radius 3 is 2.50 bits per heavy atom. The Morgan fingerprint density at radius 1 is 0.875 bits per heavy atom. The number of fused-ring (bicyclic) bond motifs is 1. The van der Waals surface area contributed by atoms with Gasteiger partial charge in [0.05, 0.1) is 5.69 Å². The number of hydrogen-bond donors (Lipinski definition) is 0. The lowest BCUT2D eigenvalue weighted by Gasteiger charge is -2.04. The molecule has 0 aliphatic rings. The van der Waals surface area contributed by atoms with Crippen LogP contribution in [0.4, 0.5) is 4.39 Å². The second kappa shape index (κ2) is 6.41. The Balaban J connectivity index is 1.65. The molecule has 0 spiro atoms. The monoisotopic (exact) mass is 336 g/mol. The van der Waals surface area contributed by atoms with E-state index in [0.717, 1.165) is 11.3 Å². The van der Waals surface area contributed by atoms with E-state index < -0.39 is 0 Å². The second-order valence-electron chi connectivity index (χ2n) is 5.22. The van der Waals surface area contributed by atoms with Crippen LogP contribution in [0.1, 0.15) is 5.56 Å².